The van der Waals surface area contributed by atoms with Gasteiger partial charge in [-0.15, -0.1) is 5.10 Å². The van der Waals surface area contributed by atoms with Gasteiger partial charge in [0.2, 0.25) is 10.1 Å². The molecule has 5 rings (SSSR count). The minimum absolute atomic E-state index is 0.0365. The zero-order valence-corrected chi connectivity index (χ0v) is 16.8. The van der Waals surface area contributed by atoms with Crippen molar-refractivity contribution in [2.24, 2.45) is 0 Å². The second kappa shape index (κ2) is 7.42. The van der Waals surface area contributed by atoms with Crippen LogP contribution in [0.25, 0.3) is 16.2 Å². The lowest BCUT2D eigenvalue weighted by Crippen LogP contribution is -2.49. The lowest BCUT2D eigenvalue weighted by Gasteiger charge is -2.34. The van der Waals surface area contributed by atoms with E-state index in [9.17, 15) is 9.18 Å². The van der Waals surface area contributed by atoms with Gasteiger partial charge in [0.15, 0.2) is 0 Å². The van der Waals surface area contributed by atoms with Crippen molar-refractivity contribution in [3.63, 3.8) is 0 Å². The van der Waals surface area contributed by atoms with Gasteiger partial charge in [0.25, 0.3) is 5.91 Å². The number of anilines is 2. The van der Waals surface area contributed by atoms with Gasteiger partial charge < -0.3 is 15.5 Å². The number of hydrogen-bond donors (Lipinski definition) is 1. The number of amides is 1. The fraction of sp³-hybridized carbons (Fsp3) is 0.190. The maximum atomic E-state index is 13.1. The average molecular weight is 422 g/mol. The van der Waals surface area contributed by atoms with Crippen LogP contribution in [0.1, 0.15) is 10.4 Å². The van der Waals surface area contributed by atoms with Crippen LogP contribution >= 0.6 is 11.3 Å². The van der Waals surface area contributed by atoms with E-state index in [4.69, 9.17) is 5.73 Å². The summed E-state index contributed by atoms with van der Waals surface area (Å²) >= 11 is 1.50. The molecule has 2 N–H and O–H groups in total. The lowest BCUT2D eigenvalue weighted by atomic mass is 10.1. The van der Waals surface area contributed by atoms with E-state index in [1.807, 2.05) is 23.2 Å². The van der Waals surface area contributed by atoms with Crippen LogP contribution in [0.4, 0.5) is 15.2 Å². The molecular weight excluding hydrogens is 403 g/mol. The summed E-state index contributed by atoms with van der Waals surface area (Å²) in [7, 11) is 0. The predicted octanol–water partition coefficient (Wildman–Crippen LogP) is 3.14. The summed E-state index contributed by atoms with van der Waals surface area (Å²) in [6, 6.07) is 13.4. The molecule has 1 saturated heterocycles. The molecule has 9 heteroatoms. The predicted molar refractivity (Wildman–Crippen MR) is 115 cm³/mol. The Kier molecular flexibility index (Phi) is 4.59. The van der Waals surface area contributed by atoms with E-state index in [1.54, 1.807) is 28.8 Å². The van der Waals surface area contributed by atoms with E-state index in [1.165, 1.54) is 23.5 Å². The van der Waals surface area contributed by atoms with Crippen molar-refractivity contribution in [3.05, 3.63) is 66.1 Å². The van der Waals surface area contributed by atoms with E-state index < -0.39 is 0 Å². The minimum Gasteiger partial charge on any atom is -0.398 e. The number of fused-ring (bicyclic) bond motifs is 1. The summed E-state index contributed by atoms with van der Waals surface area (Å²) in [4.78, 5) is 22.1. The molecule has 152 valence electrons. The summed E-state index contributed by atoms with van der Waals surface area (Å²) in [6.45, 7) is 2.60. The normalized spacial score (nSPS) is 14.4. The van der Waals surface area contributed by atoms with Gasteiger partial charge in [-0.1, -0.05) is 23.5 Å². The summed E-state index contributed by atoms with van der Waals surface area (Å²) < 4.78 is 14.9. The number of carbonyl (C=O) groups excluding carboxylic acids is 1. The number of halogens is 1. The number of nitrogens with zero attached hydrogens (tertiary/aromatic N) is 5. The van der Waals surface area contributed by atoms with E-state index >= 15 is 0 Å². The standard InChI is InChI=1S/C21H19FN6OS/c22-15-7-5-14(6-8-15)18-13-28-20(24-18)30-21(25-28)27-11-9-26(10-12-27)19(29)16-3-1-2-4-17(16)23/h1-8,13H,9-12,23H2. The van der Waals surface area contributed by atoms with Crippen molar-refractivity contribution in [3.8, 4) is 11.3 Å². The molecule has 0 aliphatic carbocycles. The number of hydrogen-bond acceptors (Lipinski definition) is 6. The van der Waals surface area contributed by atoms with Crippen LogP contribution in [0.2, 0.25) is 0 Å². The fourth-order valence-corrected chi connectivity index (χ4v) is 4.47. The van der Waals surface area contributed by atoms with Crippen LogP contribution in [-0.4, -0.2) is 51.6 Å². The molecule has 0 atom stereocenters. The number of carbonyl (C=O) groups is 1. The Morgan fingerprint density at radius 3 is 2.47 bits per heavy atom. The highest BCUT2D eigenvalue weighted by Crippen LogP contribution is 2.28. The van der Waals surface area contributed by atoms with E-state index in [0.29, 0.717) is 37.4 Å². The molecule has 1 amide bonds. The van der Waals surface area contributed by atoms with Crippen LogP contribution in [-0.2, 0) is 0 Å². The Morgan fingerprint density at radius 2 is 1.77 bits per heavy atom. The molecule has 4 aromatic rings. The van der Waals surface area contributed by atoms with Crippen LogP contribution in [0.15, 0.2) is 54.7 Å². The molecule has 3 heterocycles. The minimum atomic E-state index is -0.271. The van der Waals surface area contributed by atoms with Gasteiger partial charge in [-0.2, -0.15) is 0 Å². The largest absolute Gasteiger partial charge is 0.398 e. The van der Waals surface area contributed by atoms with Crippen molar-refractivity contribution in [1.82, 2.24) is 19.5 Å². The van der Waals surface area contributed by atoms with Gasteiger partial charge in [-0.3, -0.25) is 4.79 Å². The molecule has 0 unspecified atom stereocenters. The number of rotatable bonds is 3. The van der Waals surface area contributed by atoms with Crippen molar-refractivity contribution in [1.29, 1.82) is 0 Å². The van der Waals surface area contributed by atoms with Crippen molar-refractivity contribution in [2.45, 2.75) is 0 Å². The van der Waals surface area contributed by atoms with E-state index in [-0.39, 0.29) is 11.7 Å². The maximum Gasteiger partial charge on any atom is 0.256 e. The zero-order valence-electron chi connectivity index (χ0n) is 16.0. The maximum absolute atomic E-state index is 13.1. The number of para-hydroxylation sites is 1. The zero-order chi connectivity index (χ0) is 20.7. The highest BCUT2D eigenvalue weighted by molar-refractivity contribution is 7.20. The Bertz CT molecular complexity index is 1180. The first-order valence-corrected chi connectivity index (χ1v) is 10.4. The van der Waals surface area contributed by atoms with Crippen molar-refractivity contribution < 1.29 is 9.18 Å². The molecule has 0 saturated carbocycles. The van der Waals surface area contributed by atoms with Gasteiger partial charge in [0.05, 0.1) is 17.5 Å². The monoisotopic (exact) mass is 422 g/mol. The first-order chi connectivity index (χ1) is 14.6. The topological polar surface area (TPSA) is 79.8 Å². The fourth-order valence-electron chi connectivity index (χ4n) is 3.54. The summed E-state index contributed by atoms with van der Waals surface area (Å²) in [5, 5.41) is 5.51. The summed E-state index contributed by atoms with van der Waals surface area (Å²) in [6.07, 6.45) is 1.85. The molecule has 7 nitrogen and oxygen atoms in total. The van der Waals surface area contributed by atoms with Crippen LogP contribution in [0.5, 0.6) is 0 Å². The average Bonchev–Trinajstić information content (AvgIpc) is 3.34. The summed E-state index contributed by atoms with van der Waals surface area (Å²) in [5.41, 5.74) is 8.61. The number of nitrogens with two attached hydrogens (primary N) is 1. The molecular formula is C21H19FN6OS. The highest BCUT2D eigenvalue weighted by Gasteiger charge is 2.25. The van der Waals surface area contributed by atoms with Gasteiger partial charge in [0.1, 0.15) is 5.82 Å². The van der Waals surface area contributed by atoms with Gasteiger partial charge >= 0.3 is 0 Å². The van der Waals surface area contributed by atoms with Gasteiger partial charge in [0, 0.05) is 37.4 Å². The third kappa shape index (κ3) is 3.37. The molecule has 2 aromatic heterocycles. The molecule has 1 fully saturated rings. The lowest BCUT2D eigenvalue weighted by molar-refractivity contribution is 0.0748. The van der Waals surface area contributed by atoms with Gasteiger partial charge in [-0.05, 0) is 36.4 Å². The quantitative estimate of drug-likeness (QED) is 0.513. The second-order valence-corrected chi connectivity index (χ2v) is 8.05. The van der Waals surface area contributed by atoms with Crippen LogP contribution < -0.4 is 10.6 Å². The molecule has 30 heavy (non-hydrogen) atoms. The molecule has 1 aliphatic heterocycles. The van der Waals surface area contributed by atoms with Crippen molar-refractivity contribution in [2.75, 3.05) is 36.8 Å². The highest BCUT2D eigenvalue weighted by atomic mass is 32.1. The number of imidazole rings is 1. The Hall–Kier alpha value is -3.46. The first-order valence-electron chi connectivity index (χ1n) is 9.59. The Labute approximate surface area is 176 Å². The Balaban J connectivity index is 1.28. The third-order valence-electron chi connectivity index (χ3n) is 5.20. The Morgan fingerprint density at radius 1 is 1.03 bits per heavy atom. The SMILES string of the molecule is Nc1ccccc1C(=O)N1CCN(c2nn3cc(-c4ccc(F)cc4)nc3s2)CC1. The number of benzene rings is 2. The van der Waals surface area contributed by atoms with Crippen LogP contribution in [0, 0.1) is 5.82 Å². The van der Waals surface area contributed by atoms with E-state index in [0.717, 1.165) is 21.3 Å². The smallest absolute Gasteiger partial charge is 0.256 e. The first kappa shape index (κ1) is 18.6. The molecule has 0 bridgehead atoms. The molecule has 2 aromatic carbocycles. The van der Waals surface area contributed by atoms with E-state index in [2.05, 4.69) is 15.0 Å². The van der Waals surface area contributed by atoms with Crippen LogP contribution in [0.3, 0.4) is 0 Å². The second-order valence-electron chi connectivity index (χ2n) is 7.11. The molecule has 0 spiro atoms. The van der Waals surface area contributed by atoms with Gasteiger partial charge in [-0.25, -0.2) is 13.9 Å². The number of piperazine rings is 1. The molecule has 0 radical (unpaired) electrons. The summed E-state index contributed by atoms with van der Waals surface area (Å²) in [5.74, 6) is -0.307. The van der Waals surface area contributed by atoms with Crippen molar-refractivity contribution >= 4 is 33.0 Å². The third-order valence-corrected chi connectivity index (χ3v) is 6.18. The molecule has 1 aliphatic rings. The number of aromatic nitrogens is 3. The number of nitrogen functional groups attached to an aromatic ring is 1.